The third kappa shape index (κ3) is 5.90. The lowest BCUT2D eigenvalue weighted by atomic mass is 10.2. The molecule has 1 aromatic heterocycles. The molecule has 0 atom stereocenters. The van der Waals surface area contributed by atoms with E-state index in [9.17, 15) is 9.59 Å². The molecule has 146 valence electrons. The van der Waals surface area contributed by atoms with E-state index in [1.54, 1.807) is 53.7 Å². The number of anilines is 1. The number of amides is 2. The van der Waals surface area contributed by atoms with Crippen molar-refractivity contribution in [3.05, 3.63) is 26.9 Å². The van der Waals surface area contributed by atoms with Crippen molar-refractivity contribution >= 4 is 63.2 Å². The second-order valence-electron chi connectivity index (χ2n) is 7.79. The Morgan fingerprint density at radius 1 is 1.04 bits per heavy atom. The molecule has 0 unspecified atom stereocenters. The lowest BCUT2D eigenvalue weighted by molar-refractivity contribution is 0.0427. The minimum atomic E-state index is -0.917. The monoisotopic (exact) mass is 505 g/mol. The van der Waals surface area contributed by atoms with Crippen molar-refractivity contribution in [1.29, 1.82) is 0 Å². The molecule has 2 aromatic rings. The second-order valence-corrected chi connectivity index (χ2v) is 9.36. The highest BCUT2D eigenvalue weighted by molar-refractivity contribution is 14.1. The van der Waals surface area contributed by atoms with Crippen LogP contribution in [0.25, 0.3) is 10.9 Å². The first-order valence-electron chi connectivity index (χ1n) is 8.15. The summed E-state index contributed by atoms with van der Waals surface area (Å²) >= 11 is 8.19. The molecule has 9 heteroatoms. The number of halogens is 2. The number of carbonyl (C=O) groups excluding carboxylic acids is 2. The number of ether oxygens (including phenoxy) is 2. The molecule has 27 heavy (non-hydrogen) atoms. The van der Waals surface area contributed by atoms with Gasteiger partial charge in [0.15, 0.2) is 0 Å². The van der Waals surface area contributed by atoms with Crippen LogP contribution in [0.2, 0.25) is 5.02 Å². The minimum absolute atomic E-state index is 0.135. The standard InChI is InChI=1S/C18H21ClIN3O4/c1-17(2,3)26-15(24)23(16(25)27-18(4,5)6)14-21-9-10-7-11(19)12(20)8-13(10)22-14/h7-9H,1-6H3. The highest BCUT2D eigenvalue weighted by atomic mass is 127. The number of hydrogen-bond donors (Lipinski definition) is 0. The van der Waals surface area contributed by atoms with Crippen molar-refractivity contribution in [3.63, 3.8) is 0 Å². The van der Waals surface area contributed by atoms with Crippen LogP contribution in [0.4, 0.5) is 15.5 Å². The van der Waals surface area contributed by atoms with Crippen molar-refractivity contribution in [3.8, 4) is 0 Å². The van der Waals surface area contributed by atoms with Crippen LogP contribution in [0.3, 0.4) is 0 Å². The van der Waals surface area contributed by atoms with Gasteiger partial charge >= 0.3 is 12.2 Å². The molecule has 0 aliphatic carbocycles. The van der Waals surface area contributed by atoms with E-state index in [4.69, 9.17) is 21.1 Å². The van der Waals surface area contributed by atoms with Gasteiger partial charge in [-0.3, -0.25) is 0 Å². The van der Waals surface area contributed by atoms with Gasteiger partial charge in [0.05, 0.1) is 10.5 Å². The Labute approximate surface area is 176 Å². The zero-order valence-corrected chi connectivity index (χ0v) is 18.9. The predicted octanol–water partition coefficient (Wildman–Crippen LogP) is 5.56. The molecule has 0 spiro atoms. The average Bonchev–Trinajstić information content (AvgIpc) is 2.45. The van der Waals surface area contributed by atoms with Gasteiger partial charge in [0, 0.05) is 15.2 Å². The molecule has 0 aliphatic rings. The molecule has 1 aromatic carbocycles. The molecule has 0 fully saturated rings. The normalized spacial score (nSPS) is 12.0. The Morgan fingerprint density at radius 2 is 1.56 bits per heavy atom. The maximum Gasteiger partial charge on any atom is 0.427 e. The summed E-state index contributed by atoms with van der Waals surface area (Å²) in [6, 6.07) is 3.46. The molecule has 1 heterocycles. The van der Waals surface area contributed by atoms with E-state index in [1.165, 1.54) is 6.20 Å². The van der Waals surface area contributed by atoms with Crippen LogP contribution in [-0.2, 0) is 9.47 Å². The summed E-state index contributed by atoms with van der Waals surface area (Å²) in [5, 5.41) is 1.24. The Hall–Kier alpha value is -1.68. The first-order chi connectivity index (χ1) is 12.3. The summed E-state index contributed by atoms with van der Waals surface area (Å²) in [7, 11) is 0. The number of fused-ring (bicyclic) bond motifs is 1. The van der Waals surface area contributed by atoms with Gasteiger partial charge in [-0.2, -0.15) is 0 Å². The van der Waals surface area contributed by atoms with Crippen LogP contribution in [0.5, 0.6) is 0 Å². The van der Waals surface area contributed by atoms with Crippen molar-refractivity contribution in [2.45, 2.75) is 52.7 Å². The lowest BCUT2D eigenvalue weighted by Crippen LogP contribution is -2.44. The zero-order valence-electron chi connectivity index (χ0n) is 16.0. The number of rotatable bonds is 1. The number of aromatic nitrogens is 2. The van der Waals surface area contributed by atoms with Gasteiger partial charge in [-0.25, -0.2) is 19.6 Å². The third-order valence-electron chi connectivity index (χ3n) is 2.96. The molecule has 0 saturated carbocycles. The van der Waals surface area contributed by atoms with E-state index in [2.05, 4.69) is 32.6 Å². The molecule has 0 saturated heterocycles. The molecular weight excluding hydrogens is 485 g/mol. The van der Waals surface area contributed by atoms with Crippen LogP contribution in [0.15, 0.2) is 18.3 Å². The molecule has 0 radical (unpaired) electrons. The van der Waals surface area contributed by atoms with E-state index in [1.807, 2.05) is 0 Å². The van der Waals surface area contributed by atoms with Crippen molar-refractivity contribution in [2.75, 3.05) is 4.90 Å². The highest BCUT2D eigenvalue weighted by Crippen LogP contribution is 2.26. The summed E-state index contributed by atoms with van der Waals surface area (Å²) in [4.78, 5) is 34.4. The Kier molecular flexibility index (Phi) is 6.20. The van der Waals surface area contributed by atoms with E-state index in [0.29, 0.717) is 20.8 Å². The van der Waals surface area contributed by atoms with E-state index >= 15 is 0 Å². The van der Waals surface area contributed by atoms with Gasteiger partial charge in [-0.1, -0.05) is 11.6 Å². The fraction of sp³-hybridized carbons (Fsp3) is 0.444. The Morgan fingerprint density at radius 3 is 2.04 bits per heavy atom. The van der Waals surface area contributed by atoms with Crippen molar-refractivity contribution in [2.24, 2.45) is 0 Å². The molecule has 7 nitrogen and oxygen atoms in total. The first-order valence-corrected chi connectivity index (χ1v) is 9.60. The van der Waals surface area contributed by atoms with E-state index in [-0.39, 0.29) is 5.95 Å². The molecular formula is C18H21ClIN3O4. The molecule has 2 amide bonds. The molecule has 0 bridgehead atoms. The van der Waals surface area contributed by atoms with Gasteiger partial charge < -0.3 is 9.47 Å². The summed E-state index contributed by atoms with van der Waals surface area (Å²) in [6.07, 6.45) is -0.346. The third-order valence-corrected chi connectivity index (χ3v) is 4.49. The van der Waals surface area contributed by atoms with Crippen LogP contribution < -0.4 is 4.90 Å². The van der Waals surface area contributed by atoms with Crippen LogP contribution in [0, 0.1) is 3.57 Å². The smallest absolute Gasteiger partial charge is 0.427 e. The van der Waals surface area contributed by atoms with E-state index < -0.39 is 23.4 Å². The predicted molar refractivity (Wildman–Crippen MR) is 112 cm³/mol. The number of benzene rings is 1. The van der Waals surface area contributed by atoms with Crippen LogP contribution >= 0.6 is 34.2 Å². The Balaban J connectivity index is 2.51. The molecule has 0 N–H and O–H groups in total. The number of carbonyl (C=O) groups is 2. The van der Waals surface area contributed by atoms with Crippen LogP contribution in [0.1, 0.15) is 41.5 Å². The van der Waals surface area contributed by atoms with Gasteiger partial charge in [0.1, 0.15) is 11.2 Å². The van der Waals surface area contributed by atoms with E-state index in [0.717, 1.165) is 3.57 Å². The summed E-state index contributed by atoms with van der Waals surface area (Å²) < 4.78 is 11.4. The SMILES string of the molecule is CC(C)(C)OC(=O)N(C(=O)OC(C)(C)C)c1ncc2cc(Cl)c(I)cc2n1. The first kappa shape index (κ1) is 21.6. The lowest BCUT2D eigenvalue weighted by Gasteiger charge is -2.27. The Bertz CT molecular complexity index is 863. The maximum absolute atomic E-state index is 12.6. The largest absolute Gasteiger partial charge is 0.443 e. The number of imide groups is 1. The van der Waals surface area contributed by atoms with Gasteiger partial charge in [0.2, 0.25) is 5.95 Å². The summed E-state index contributed by atoms with van der Waals surface area (Å²) in [5.41, 5.74) is -1.08. The molecule has 2 rings (SSSR count). The fourth-order valence-corrected chi connectivity index (χ4v) is 2.60. The summed E-state index contributed by atoms with van der Waals surface area (Å²) in [6.45, 7) is 10.2. The number of nitrogens with zero attached hydrogens (tertiary/aromatic N) is 3. The average molecular weight is 506 g/mol. The topological polar surface area (TPSA) is 81.6 Å². The number of hydrogen-bond acceptors (Lipinski definition) is 6. The maximum atomic E-state index is 12.6. The van der Waals surface area contributed by atoms with Crippen molar-refractivity contribution < 1.29 is 19.1 Å². The van der Waals surface area contributed by atoms with Gasteiger partial charge in [-0.15, -0.1) is 4.90 Å². The quantitative estimate of drug-likeness (QED) is 0.472. The van der Waals surface area contributed by atoms with Gasteiger partial charge in [0.25, 0.3) is 0 Å². The minimum Gasteiger partial charge on any atom is -0.443 e. The fourth-order valence-electron chi connectivity index (χ4n) is 1.98. The summed E-state index contributed by atoms with van der Waals surface area (Å²) in [5.74, 6) is -0.135. The van der Waals surface area contributed by atoms with Gasteiger partial charge in [-0.05, 0) is 76.3 Å². The zero-order chi connectivity index (χ0) is 20.6. The molecule has 0 aliphatic heterocycles. The second kappa shape index (κ2) is 7.75. The highest BCUT2D eigenvalue weighted by Gasteiger charge is 2.34. The van der Waals surface area contributed by atoms with Crippen LogP contribution in [-0.4, -0.2) is 33.4 Å². The van der Waals surface area contributed by atoms with Crippen molar-refractivity contribution in [1.82, 2.24) is 9.97 Å².